The second-order valence-corrected chi connectivity index (χ2v) is 4.49. The molecule has 20 heavy (non-hydrogen) atoms. The van der Waals surface area contributed by atoms with Crippen molar-refractivity contribution in [3.05, 3.63) is 47.8 Å². The molecular weight excluding hydrogens is 261 g/mol. The molecule has 0 saturated heterocycles. The number of hydrogen-bond donors (Lipinski definition) is 3. The lowest BCUT2D eigenvalue weighted by molar-refractivity contribution is 0.414. The molecule has 1 atom stereocenters. The number of aromatic hydroxyl groups is 2. The lowest BCUT2D eigenvalue weighted by Crippen LogP contribution is -2.08. The van der Waals surface area contributed by atoms with E-state index in [0.29, 0.717) is 17.0 Å². The van der Waals surface area contributed by atoms with Crippen molar-refractivity contribution < 1.29 is 19.3 Å². The lowest BCUT2D eigenvalue weighted by atomic mass is 10.1. The fourth-order valence-corrected chi connectivity index (χ4v) is 1.93. The topological polar surface area (TPSA) is 61.7 Å². The number of phenolic OH excluding ortho intramolecular Hbond substituents is 2. The van der Waals surface area contributed by atoms with Crippen LogP contribution in [0.4, 0.5) is 10.1 Å². The molecule has 0 aromatic heterocycles. The van der Waals surface area contributed by atoms with Crippen LogP contribution in [0.25, 0.3) is 0 Å². The summed E-state index contributed by atoms with van der Waals surface area (Å²) in [5.41, 5.74) is 0.935. The van der Waals surface area contributed by atoms with Gasteiger partial charge in [0.1, 0.15) is 23.1 Å². The van der Waals surface area contributed by atoms with Gasteiger partial charge < -0.3 is 20.3 Å². The fourth-order valence-electron chi connectivity index (χ4n) is 1.93. The van der Waals surface area contributed by atoms with E-state index in [1.807, 2.05) is 0 Å². The first-order valence-electron chi connectivity index (χ1n) is 6.12. The third-order valence-corrected chi connectivity index (χ3v) is 2.97. The average molecular weight is 277 g/mol. The van der Waals surface area contributed by atoms with E-state index in [1.54, 1.807) is 13.0 Å². The Balaban J connectivity index is 2.24. The minimum Gasteiger partial charge on any atom is -0.508 e. The van der Waals surface area contributed by atoms with E-state index in [1.165, 1.54) is 37.4 Å². The lowest BCUT2D eigenvalue weighted by Gasteiger charge is -2.17. The highest BCUT2D eigenvalue weighted by atomic mass is 19.1. The van der Waals surface area contributed by atoms with Crippen LogP contribution in [-0.4, -0.2) is 17.3 Å². The molecule has 3 N–H and O–H groups in total. The molecule has 0 aliphatic rings. The third-order valence-electron chi connectivity index (χ3n) is 2.97. The van der Waals surface area contributed by atoms with E-state index in [2.05, 4.69) is 5.32 Å². The third kappa shape index (κ3) is 3.12. The predicted molar refractivity (Wildman–Crippen MR) is 74.8 cm³/mol. The first kappa shape index (κ1) is 14.0. The van der Waals surface area contributed by atoms with Crippen LogP contribution in [0.15, 0.2) is 36.4 Å². The summed E-state index contributed by atoms with van der Waals surface area (Å²) in [7, 11) is 1.51. The van der Waals surface area contributed by atoms with Crippen LogP contribution in [0.2, 0.25) is 0 Å². The van der Waals surface area contributed by atoms with Crippen LogP contribution < -0.4 is 10.1 Å². The summed E-state index contributed by atoms with van der Waals surface area (Å²) in [6, 6.07) is 8.36. The summed E-state index contributed by atoms with van der Waals surface area (Å²) < 4.78 is 18.8. The Morgan fingerprint density at radius 3 is 2.35 bits per heavy atom. The maximum absolute atomic E-state index is 13.7. The maximum atomic E-state index is 13.7. The Bertz CT molecular complexity index is 596. The van der Waals surface area contributed by atoms with E-state index >= 15 is 0 Å². The summed E-state index contributed by atoms with van der Waals surface area (Å²) >= 11 is 0. The molecule has 0 spiro atoms. The number of nitrogens with one attached hydrogen (secondary N) is 1. The summed E-state index contributed by atoms with van der Waals surface area (Å²) in [5, 5.41) is 21.9. The zero-order valence-corrected chi connectivity index (χ0v) is 11.2. The largest absolute Gasteiger partial charge is 0.508 e. The van der Waals surface area contributed by atoms with E-state index in [4.69, 9.17) is 4.74 Å². The van der Waals surface area contributed by atoms with Crippen molar-refractivity contribution in [2.45, 2.75) is 13.0 Å². The molecule has 2 aromatic rings. The van der Waals surface area contributed by atoms with Crippen molar-refractivity contribution in [2.24, 2.45) is 0 Å². The van der Waals surface area contributed by atoms with Gasteiger partial charge in [-0.25, -0.2) is 4.39 Å². The molecule has 0 saturated carbocycles. The Morgan fingerprint density at radius 2 is 1.75 bits per heavy atom. The Labute approximate surface area is 116 Å². The van der Waals surface area contributed by atoms with Gasteiger partial charge in [0.2, 0.25) is 0 Å². The Kier molecular flexibility index (Phi) is 3.98. The van der Waals surface area contributed by atoms with Crippen LogP contribution in [0.3, 0.4) is 0 Å². The number of ether oxygens (including phenoxy) is 1. The van der Waals surface area contributed by atoms with Crippen LogP contribution in [0.1, 0.15) is 18.5 Å². The van der Waals surface area contributed by atoms with Gasteiger partial charge in [-0.2, -0.15) is 0 Å². The number of rotatable bonds is 4. The van der Waals surface area contributed by atoms with Crippen molar-refractivity contribution in [3.63, 3.8) is 0 Å². The second-order valence-electron chi connectivity index (χ2n) is 4.49. The normalized spacial score (nSPS) is 11.9. The molecule has 5 heteroatoms. The van der Waals surface area contributed by atoms with Crippen molar-refractivity contribution in [2.75, 3.05) is 12.4 Å². The second kappa shape index (κ2) is 5.69. The number of methoxy groups -OCH3 is 1. The molecule has 2 rings (SSSR count). The molecule has 0 aliphatic carbocycles. The average Bonchev–Trinajstić information content (AvgIpc) is 2.40. The quantitative estimate of drug-likeness (QED) is 0.801. The van der Waals surface area contributed by atoms with E-state index in [9.17, 15) is 14.6 Å². The molecule has 0 aliphatic heterocycles. The van der Waals surface area contributed by atoms with Crippen LogP contribution in [-0.2, 0) is 0 Å². The number of halogens is 1. The monoisotopic (exact) mass is 277 g/mol. The smallest absolute Gasteiger partial charge is 0.146 e. The molecule has 4 nitrogen and oxygen atoms in total. The molecule has 106 valence electrons. The Hall–Kier alpha value is -2.43. The number of hydrogen-bond acceptors (Lipinski definition) is 4. The molecule has 1 unspecified atom stereocenters. The van der Waals surface area contributed by atoms with Gasteiger partial charge in [-0.1, -0.05) is 0 Å². The zero-order chi connectivity index (χ0) is 14.7. The highest BCUT2D eigenvalue weighted by Crippen LogP contribution is 2.29. The first-order valence-corrected chi connectivity index (χ1v) is 6.12. The molecule has 0 radical (unpaired) electrons. The van der Waals surface area contributed by atoms with Crippen molar-refractivity contribution in [3.8, 4) is 17.2 Å². The maximum Gasteiger partial charge on any atom is 0.146 e. The minimum atomic E-state index is -0.401. The molecule has 2 aromatic carbocycles. The highest BCUT2D eigenvalue weighted by Gasteiger charge is 2.11. The summed E-state index contributed by atoms with van der Waals surface area (Å²) in [5.74, 6) is 0.0569. The van der Waals surface area contributed by atoms with E-state index in [0.717, 1.165) is 0 Å². The van der Waals surface area contributed by atoms with Crippen molar-refractivity contribution in [1.82, 2.24) is 0 Å². The van der Waals surface area contributed by atoms with E-state index < -0.39 is 5.82 Å². The number of benzene rings is 2. The molecule has 0 amide bonds. The van der Waals surface area contributed by atoms with Gasteiger partial charge in [0.25, 0.3) is 0 Å². The summed E-state index contributed by atoms with van der Waals surface area (Å²) in [6.07, 6.45) is 0. The van der Waals surface area contributed by atoms with Gasteiger partial charge in [-0.15, -0.1) is 0 Å². The van der Waals surface area contributed by atoms with Gasteiger partial charge in [0.05, 0.1) is 12.8 Å². The SMILES string of the molecule is COc1ccc(F)c(NC(C)c2cc(O)cc(O)c2)c1. The summed E-state index contributed by atoms with van der Waals surface area (Å²) in [4.78, 5) is 0. The van der Waals surface area contributed by atoms with Gasteiger partial charge in [0, 0.05) is 18.2 Å². The molecule has 0 fully saturated rings. The van der Waals surface area contributed by atoms with Gasteiger partial charge >= 0.3 is 0 Å². The van der Waals surface area contributed by atoms with Crippen LogP contribution in [0, 0.1) is 5.82 Å². The van der Waals surface area contributed by atoms with Gasteiger partial charge in [-0.05, 0) is 36.8 Å². The van der Waals surface area contributed by atoms with Gasteiger partial charge in [-0.3, -0.25) is 0 Å². The zero-order valence-electron chi connectivity index (χ0n) is 11.2. The number of anilines is 1. The number of phenols is 2. The molecular formula is C15H16FNO3. The fraction of sp³-hybridized carbons (Fsp3) is 0.200. The molecule has 0 heterocycles. The van der Waals surface area contributed by atoms with Crippen LogP contribution >= 0.6 is 0 Å². The van der Waals surface area contributed by atoms with E-state index in [-0.39, 0.29) is 17.5 Å². The van der Waals surface area contributed by atoms with Crippen LogP contribution in [0.5, 0.6) is 17.2 Å². The minimum absolute atomic E-state index is 0.0419. The summed E-state index contributed by atoms with van der Waals surface area (Å²) in [6.45, 7) is 1.80. The Morgan fingerprint density at radius 1 is 1.10 bits per heavy atom. The predicted octanol–water partition coefficient (Wildman–Crippen LogP) is 3.42. The first-order chi connectivity index (χ1) is 9.49. The van der Waals surface area contributed by atoms with Crippen molar-refractivity contribution >= 4 is 5.69 Å². The van der Waals surface area contributed by atoms with Crippen molar-refractivity contribution in [1.29, 1.82) is 0 Å². The standard InChI is InChI=1S/C15H16FNO3/c1-9(10-5-11(18)7-12(19)6-10)17-15-8-13(20-2)3-4-14(15)16/h3-9,17-19H,1-2H3. The van der Waals surface area contributed by atoms with Gasteiger partial charge in [0.15, 0.2) is 0 Å². The highest BCUT2D eigenvalue weighted by molar-refractivity contribution is 5.52. The molecule has 0 bridgehead atoms.